The summed E-state index contributed by atoms with van der Waals surface area (Å²) >= 11 is 0. The third-order valence-electron chi connectivity index (χ3n) is 6.83. The Morgan fingerprint density at radius 3 is 2.72 bits per heavy atom. The Balaban J connectivity index is 1.84. The molecule has 0 unspecified atom stereocenters. The van der Waals surface area contributed by atoms with Gasteiger partial charge in [0.05, 0.1) is 24.9 Å². The van der Waals surface area contributed by atoms with Crippen LogP contribution in [0, 0.1) is 17.3 Å². The summed E-state index contributed by atoms with van der Waals surface area (Å²) < 4.78 is 0. The maximum absolute atomic E-state index is 10.4. The molecule has 0 bridgehead atoms. The van der Waals surface area contributed by atoms with Crippen LogP contribution >= 0.6 is 0 Å². The molecule has 0 saturated heterocycles. The van der Waals surface area contributed by atoms with Gasteiger partial charge in [0.1, 0.15) is 0 Å². The zero-order valence-corrected chi connectivity index (χ0v) is 15.4. The van der Waals surface area contributed by atoms with E-state index in [1.54, 1.807) is 0 Å². The molecule has 0 heterocycles. The van der Waals surface area contributed by atoms with Gasteiger partial charge in [0.25, 0.3) is 0 Å². The van der Waals surface area contributed by atoms with Crippen LogP contribution in [0.3, 0.4) is 0 Å². The third kappa shape index (κ3) is 3.63. The molecule has 4 N–H and O–H groups in total. The lowest BCUT2D eigenvalue weighted by molar-refractivity contribution is -0.0237. The summed E-state index contributed by atoms with van der Waals surface area (Å²) in [7, 11) is 0. The molecule has 0 spiro atoms. The second kappa shape index (κ2) is 7.36. The van der Waals surface area contributed by atoms with Gasteiger partial charge in [0.2, 0.25) is 0 Å². The molecule has 3 aliphatic carbocycles. The molecule has 0 aromatic heterocycles. The molecule has 4 nitrogen and oxygen atoms in total. The number of hydrogen-bond acceptors (Lipinski definition) is 4. The van der Waals surface area contributed by atoms with Gasteiger partial charge in [-0.2, -0.15) is 0 Å². The average molecular weight is 348 g/mol. The largest absolute Gasteiger partial charge is 0.394 e. The highest BCUT2D eigenvalue weighted by atomic mass is 16.3. The Bertz CT molecular complexity index is 591. The smallest absolute Gasteiger partial charge is 0.0804 e. The Kier molecular flexibility index (Phi) is 5.54. The minimum atomic E-state index is -0.719. The molecule has 0 amide bonds. The summed E-state index contributed by atoms with van der Waals surface area (Å²) in [6.07, 6.45) is 9.64. The van der Waals surface area contributed by atoms with E-state index in [9.17, 15) is 20.4 Å². The fourth-order valence-corrected chi connectivity index (χ4v) is 5.36. The lowest BCUT2D eigenvalue weighted by atomic mass is 9.63. The number of allylic oxidation sites excluding steroid dienone is 4. The summed E-state index contributed by atoms with van der Waals surface area (Å²) in [4.78, 5) is 0. The molecular formula is C21H32O4. The van der Waals surface area contributed by atoms with Crippen LogP contribution in [0.25, 0.3) is 0 Å². The van der Waals surface area contributed by atoms with E-state index in [0.29, 0.717) is 18.8 Å². The molecule has 3 rings (SSSR count). The molecule has 140 valence electrons. The van der Waals surface area contributed by atoms with Crippen LogP contribution < -0.4 is 0 Å². The van der Waals surface area contributed by atoms with Crippen molar-refractivity contribution < 1.29 is 20.4 Å². The van der Waals surface area contributed by atoms with Crippen LogP contribution in [0.1, 0.15) is 52.4 Å². The van der Waals surface area contributed by atoms with Crippen molar-refractivity contribution in [2.75, 3.05) is 6.61 Å². The number of aliphatic hydroxyl groups is 4. The van der Waals surface area contributed by atoms with Crippen molar-refractivity contribution in [2.45, 2.75) is 70.7 Å². The highest BCUT2D eigenvalue weighted by Gasteiger charge is 2.52. The predicted octanol–water partition coefficient (Wildman–Crippen LogP) is 2.48. The first-order chi connectivity index (χ1) is 11.8. The highest BCUT2D eigenvalue weighted by Crippen LogP contribution is 2.57. The fourth-order valence-electron chi connectivity index (χ4n) is 5.36. The molecule has 1 saturated carbocycles. The van der Waals surface area contributed by atoms with E-state index in [-0.39, 0.29) is 24.0 Å². The van der Waals surface area contributed by atoms with Crippen molar-refractivity contribution in [3.05, 3.63) is 34.9 Å². The Morgan fingerprint density at radius 1 is 1.24 bits per heavy atom. The first-order valence-corrected chi connectivity index (χ1v) is 9.58. The van der Waals surface area contributed by atoms with Gasteiger partial charge in [0, 0.05) is 0 Å². The number of fused-ring (bicyclic) bond motifs is 1. The van der Waals surface area contributed by atoms with Gasteiger partial charge < -0.3 is 20.4 Å². The normalized spacial score (nSPS) is 40.3. The minimum absolute atomic E-state index is 0.0201. The van der Waals surface area contributed by atoms with Crippen molar-refractivity contribution in [1.82, 2.24) is 0 Å². The second-order valence-corrected chi connectivity index (χ2v) is 8.47. The molecule has 0 aromatic rings. The summed E-state index contributed by atoms with van der Waals surface area (Å²) in [5, 5.41) is 39.9. The van der Waals surface area contributed by atoms with Gasteiger partial charge >= 0.3 is 0 Å². The van der Waals surface area contributed by atoms with E-state index in [1.807, 2.05) is 6.08 Å². The predicted molar refractivity (Wildman–Crippen MR) is 97.8 cm³/mol. The molecule has 0 radical (unpaired) electrons. The monoisotopic (exact) mass is 348 g/mol. The van der Waals surface area contributed by atoms with Crippen LogP contribution in [-0.2, 0) is 0 Å². The Morgan fingerprint density at radius 2 is 2.00 bits per heavy atom. The van der Waals surface area contributed by atoms with Gasteiger partial charge in [-0.15, -0.1) is 0 Å². The zero-order chi connectivity index (χ0) is 18.2. The fraction of sp³-hybridized carbons (Fsp3) is 0.714. The van der Waals surface area contributed by atoms with Crippen LogP contribution in [-0.4, -0.2) is 45.3 Å². The molecule has 3 aliphatic rings. The maximum atomic E-state index is 10.4. The van der Waals surface area contributed by atoms with Gasteiger partial charge in [-0.3, -0.25) is 0 Å². The zero-order valence-electron chi connectivity index (χ0n) is 15.4. The first kappa shape index (κ1) is 18.8. The van der Waals surface area contributed by atoms with Crippen LogP contribution in [0.15, 0.2) is 34.9 Å². The summed E-state index contributed by atoms with van der Waals surface area (Å²) in [5.74, 6) is 0.319. The quantitative estimate of drug-likeness (QED) is 0.629. The van der Waals surface area contributed by atoms with Crippen molar-refractivity contribution in [1.29, 1.82) is 0 Å². The lowest BCUT2D eigenvalue weighted by Gasteiger charge is -2.43. The van der Waals surface area contributed by atoms with E-state index in [2.05, 4.69) is 26.0 Å². The van der Waals surface area contributed by atoms with Crippen LogP contribution in [0.2, 0.25) is 0 Å². The number of hydrogen-bond donors (Lipinski definition) is 4. The van der Waals surface area contributed by atoms with Gasteiger partial charge in [-0.25, -0.2) is 0 Å². The number of aliphatic hydroxyl groups excluding tert-OH is 4. The lowest BCUT2D eigenvalue weighted by Crippen LogP contribution is -2.42. The van der Waals surface area contributed by atoms with Crippen LogP contribution in [0.5, 0.6) is 0 Å². The topological polar surface area (TPSA) is 80.9 Å². The van der Waals surface area contributed by atoms with Crippen molar-refractivity contribution in [3.8, 4) is 0 Å². The van der Waals surface area contributed by atoms with Crippen molar-refractivity contribution in [3.63, 3.8) is 0 Å². The van der Waals surface area contributed by atoms with Crippen LogP contribution in [0.4, 0.5) is 0 Å². The Labute approximate surface area is 150 Å². The molecule has 0 aromatic carbocycles. The maximum Gasteiger partial charge on any atom is 0.0804 e. The molecule has 1 fully saturated rings. The molecule has 25 heavy (non-hydrogen) atoms. The third-order valence-corrected chi connectivity index (χ3v) is 6.83. The second-order valence-electron chi connectivity index (χ2n) is 8.47. The van der Waals surface area contributed by atoms with E-state index in [4.69, 9.17) is 0 Å². The summed E-state index contributed by atoms with van der Waals surface area (Å²) in [5.41, 5.74) is 3.48. The van der Waals surface area contributed by atoms with Gasteiger partial charge in [-0.05, 0) is 73.8 Å². The standard InChI is InChI=1S/C21H32O4/c1-13-3-6-16(23)9-14(13)4-5-15-10-17(24)11-21(2)18(15)7-8-19(21)20(25)12-22/h4-5,10,16-20,22-25H,3,6-9,11-12H2,1-2H3/b5-4+/t16-,17-,18-,19+,20-,21-/m0/s1. The van der Waals surface area contributed by atoms with Crippen molar-refractivity contribution >= 4 is 0 Å². The molecule has 6 atom stereocenters. The van der Waals surface area contributed by atoms with Gasteiger partial charge in [-0.1, -0.05) is 30.7 Å². The van der Waals surface area contributed by atoms with E-state index in [0.717, 1.165) is 31.3 Å². The Hall–Kier alpha value is -0.940. The molecule has 0 aliphatic heterocycles. The molecular weight excluding hydrogens is 316 g/mol. The van der Waals surface area contributed by atoms with E-state index >= 15 is 0 Å². The van der Waals surface area contributed by atoms with E-state index in [1.165, 1.54) is 11.1 Å². The molecule has 4 heteroatoms. The first-order valence-electron chi connectivity index (χ1n) is 9.58. The minimum Gasteiger partial charge on any atom is -0.394 e. The van der Waals surface area contributed by atoms with E-state index < -0.39 is 12.2 Å². The SMILES string of the molecule is CC1=C(/C=C/C2=C[C@H](O)C[C@]3(C)[C@@H]([C@@H](O)CO)CC[C@@H]23)C[C@@H](O)CC1. The van der Waals surface area contributed by atoms with Gasteiger partial charge in [0.15, 0.2) is 0 Å². The number of rotatable bonds is 4. The summed E-state index contributed by atoms with van der Waals surface area (Å²) in [6, 6.07) is 0. The summed E-state index contributed by atoms with van der Waals surface area (Å²) in [6.45, 7) is 4.05. The highest BCUT2D eigenvalue weighted by molar-refractivity contribution is 5.37. The average Bonchev–Trinajstić information content (AvgIpc) is 2.91. The van der Waals surface area contributed by atoms with Crippen molar-refractivity contribution in [2.24, 2.45) is 17.3 Å².